The van der Waals surface area contributed by atoms with Crippen molar-refractivity contribution in [2.45, 2.75) is 25.3 Å². The van der Waals surface area contributed by atoms with E-state index < -0.39 is 19.1 Å². The van der Waals surface area contributed by atoms with Gasteiger partial charge in [-0.2, -0.15) is 0 Å². The third-order valence-electron chi connectivity index (χ3n) is 2.70. The van der Waals surface area contributed by atoms with Crippen LogP contribution in [-0.2, 0) is 14.2 Å². The molecule has 23 heavy (non-hydrogen) atoms. The van der Waals surface area contributed by atoms with E-state index in [1.54, 1.807) is 0 Å². The summed E-state index contributed by atoms with van der Waals surface area (Å²) < 4.78 is 9.84. The molecule has 0 spiro atoms. The Labute approximate surface area is 148 Å². The maximum atomic E-state index is 11.0. The molecule has 0 saturated carbocycles. The molecule has 0 saturated heterocycles. The van der Waals surface area contributed by atoms with Gasteiger partial charge in [0.25, 0.3) is 0 Å². The van der Waals surface area contributed by atoms with Crippen molar-refractivity contribution >= 4 is 59.6 Å². The Morgan fingerprint density at radius 3 is 2.39 bits per heavy atom. The molecule has 12 heteroatoms. The zero-order chi connectivity index (χ0) is 18.1. The number of thioether (sulfide) groups is 1. The molecule has 1 amide bonds. The van der Waals surface area contributed by atoms with Gasteiger partial charge in [0.2, 0.25) is 5.91 Å². The smallest absolute Gasteiger partial charge is 0.326 e. The molecule has 1 unspecified atom stereocenters. The summed E-state index contributed by atoms with van der Waals surface area (Å²) in [5.41, 5.74) is -0.592. The first-order valence-corrected chi connectivity index (χ1v) is 10.3. The number of amides is 1. The first-order valence-electron chi connectivity index (χ1n) is 6.48. The highest BCUT2D eigenvalue weighted by Gasteiger charge is 2.36. The predicted octanol–water partition coefficient (Wildman–Crippen LogP) is 1.47. The molecule has 1 atom stereocenters. The number of rotatable bonds is 6. The summed E-state index contributed by atoms with van der Waals surface area (Å²) >= 11 is 11.7. The second kappa shape index (κ2) is 10.5. The fourth-order valence-electron chi connectivity index (χ4n) is 1.49. The van der Waals surface area contributed by atoms with Crippen LogP contribution >= 0.6 is 42.6 Å². The number of hydrogen-bond donors (Lipinski definition) is 4. The van der Waals surface area contributed by atoms with E-state index in [0.29, 0.717) is 17.3 Å². The van der Waals surface area contributed by atoms with Crippen LogP contribution in [0, 0.1) is 0 Å². The Morgan fingerprint density at radius 2 is 2.04 bits per heavy atom. The molecule has 0 fully saturated rings. The lowest BCUT2D eigenvalue weighted by Crippen LogP contribution is -2.31. The second-order valence-corrected chi connectivity index (χ2v) is 8.00. The van der Waals surface area contributed by atoms with Crippen LogP contribution in [0.5, 0.6) is 0 Å². The van der Waals surface area contributed by atoms with E-state index in [1.165, 1.54) is 11.8 Å². The SMILES string of the molecule is CCC1(CC(=O)O)CSC(NC(=O)CCl)=N1.O=P(O)(O)CCCl. The van der Waals surface area contributed by atoms with Crippen LogP contribution in [0.25, 0.3) is 0 Å². The quantitative estimate of drug-likeness (QED) is 0.385. The monoisotopic (exact) mass is 408 g/mol. The van der Waals surface area contributed by atoms with Crippen molar-refractivity contribution in [3.8, 4) is 0 Å². The van der Waals surface area contributed by atoms with Gasteiger partial charge >= 0.3 is 13.6 Å². The molecular weight excluding hydrogens is 390 g/mol. The number of halogens is 2. The number of amidine groups is 1. The number of nitrogens with zero attached hydrogens (tertiary/aromatic N) is 1. The van der Waals surface area contributed by atoms with Gasteiger partial charge in [-0.15, -0.1) is 23.2 Å². The van der Waals surface area contributed by atoms with Gasteiger partial charge in [0.05, 0.1) is 18.1 Å². The van der Waals surface area contributed by atoms with Gasteiger partial charge in [0, 0.05) is 11.6 Å². The molecule has 4 N–H and O–H groups in total. The topological polar surface area (TPSA) is 136 Å². The molecule has 1 heterocycles. The average Bonchev–Trinajstić information content (AvgIpc) is 2.80. The van der Waals surface area contributed by atoms with E-state index in [0.717, 1.165) is 0 Å². The Balaban J connectivity index is 0.000000585. The molecule has 1 aliphatic rings. The van der Waals surface area contributed by atoms with Crippen molar-refractivity contribution < 1.29 is 29.0 Å². The Bertz CT molecular complexity index is 501. The minimum atomic E-state index is -3.80. The number of hydrogen-bond acceptors (Lipinski definition) is 5. The summed E-state index contributed by atoms with van der Waals surface area (Å²) in [6.07, 6.45) is 0.387. The highest BCUT2D eigenvalue weighted by atomic mass is 35.5. The number of alkyl halides is 2. The average molecular weight is 409 g/mol. The van der Waals surface area contributed by atoms with E-state index in [2.05, 4.69) is 10.3 Å². The van der Waals surface area contributed by atoms with Gasteiger partial charge in [0.15, 0.2) is 5.17 Å². The molecule has 0 radical (unpaired) electrons. The van der Waals surface area contributed by atoms with Crippen LogP contribution in [0.4, 0.5) is 0 Å². The lowest BCUT2D eigenvalue weighted by molar-refractivity contribution is -0.138. The fourth-order valence-corrected chi connectivity index (χ4v) is 3.66. The third-order valence-corrected chi connectivity index (χ3v) is 5.35. The zero-order valence-electron chi connectivity index (χ0n) is 12.4. The van der Waals surface area contributed by atoms with E-state index in [4.69, 9.17) is 38.1 Å². The molecule has 0 bridgehead atoms. The first-order chi connectivity index (χ1) is 10.6. The van der Waals surface area contributed by atoms with Crippen LogP contribution < -0.4 is 5.32 Å². The van der Waals surface area contributed by atoms with E-state index in [-0.39, 0.29) is 30.2 Å². The summed E-state index contributed by atoms with van der Waals surface area (Å²) in [6.45, 7) is 1.89. The molecule has 0 aromatic carbocycles. The minimum Gasteiger partial charge on any atom is -0.481 e. The lowest BCUT2D eigenvalue weighted by atomic mass is 9.95. The number of nitrogens with one attached hydrogen (secondary N) is 1. The first kappa shape index (κ1) is 22.7. The van der Waals surface area contributed by atoms with Crippen molar-refractivity contribution in [1.82, 2.24) is 5.32 Å². The summed E-state index contributed by atoms with van der Waals surface area (Å²) in [5.74, 6) is -0.735. The molecular formula is C11H19Cl2N2O6PS. The number of carboxylic acids is 1. The van der Waals surface area contributed by atoms with Crippen LogP contribution in [-0.4, -0.2) is 61.2 Å². The predicted molar refractivity (Wildman–Crippen MR) is 91.7 cm³/mol. The van der Waals surface area contributed by atoms with Crippen molar-refractivity contribution in [3.63, 3.8) is 0 Å². The Kier molecular flexibility index (Phi) is 10.4. The number of carbonyl (C=O) groups excluding carboxylic acids is 1. The fraction of sp³-hybridized carbons (Fsp3) is 0.727. The van der Waals surface area contributed by atoms with Crippen LogP contribution in [0.15, 0.2) is 4.99 Å². The lowest BCUT2D eigenvalue weighted by Gasteiger charge is -2.20. The maximum absolute atomic E-state index is 11.0. The van der Waals surface area contributed by atoms with E-state index in [1.807, 2.05) is 6.92 Å². The van der Waals surface area contributed by atoms with Crippen molar-refractivity contribution in [2.75, 3.05) is 23.7 Å². The molecule has 0 aliphatic carbocycles. The standard InChI is InChI=1S/C9H13ClN2O3S.C2H6ClO3P/c1-2-9(3-7(14)15)5-16-8(12-9)11-6(13)4-10;3-1-2-7(4,5)6/h2-5H2,1H3,(H,14,15)(H,11,12,13);1-2H2,(H2,4,5,6). The van der Waals surface area contributed by atoms with Gasteiger partial charge in [-0.1, -0.05) is 18.7 Å². The molecule has 1 aliphatic heterocycles. The molecule has 8 nitrogen and oxygen atoms in total. The van der Waals surface area contributed by atoms with Crippen LogP contribution in [0.2, 0.25) is 0 Å². The van der Waals surface area contributed by atoms with Crippen molar-refractivity contribution in [1.29, 1.82) is 0 Å². The van der Waals surface area contributed by atoms with Crippen molar-refractivity contribution in [3.05, 3.63) is 0 Å². The molecule has 134 valence electrons. The summed E-state index contributed by atoms with van der Waals surface area (Å²) in [6, 6.07) is 0. The van der Waals surface area contributed by atoms with Crippen molar-refractivity contribution in [2.24, 2.45) is 4.99 Å². The van der Waals surface area contributed by atoms with Gasteiger partial charge in [0.1, 0.15) is 5.88 Å². The highest BCUT2D eigenvalue weighted by Crippen LogP contribution is 2.33. The molecule has 0 aromatic heterocycles. The van der Waals surface area contributed by atoms with E-state index in [9.17, 15) is 14.2 Å². The molecule has 1 rings (SSSR count). The van der Waals surface area contributed by atoms with E-state index >= 15 is 0 Å². The Morgan fingerprint density at radius 1 is 1.43 bits per heavy atom. The number of carbonyl (C=O) groups is 2. The second-order valence-electron chi connectivity index (χ2n) is 4.61. The molecule has 0 aromatic rings. The highest BCUT2D eigenvalue weighted by molar-refractivity contribution is 8.14. The summed E-state index contributed by atoms with van der Waals surface area (Å²) in [7, 11) is -3.80. The van der Waals surface area contributed by atoms with Gasteiger partial charge < -0.3 is 20.2 Å². The number of aliphatic imine (C=N–C) groups is 1. The number of aliphatic carboxylic acids is 1. The van der Waals surface area contributed by atoms with Gasteiger partial charge in [-0.25, -0.2) is 0 Å². The number of carboxylic acid groups (broad SMARTS) is 1. The van der Waals surface area contributed by atoms with Crippen LogP contribution in [0.1, 0.15) is 19.8 Å². The third kappa shape index (κ3) is 10.2. The van der Waals surface area contributed by atoms with Gasteiger partial charge in [-0.05, 0) is 6.42 Å². The van der Waals surface area contributed by atoms with Gasteiger partial charge in [-0.3, -0.25) is 19.1 Å². The summed E-state index contributed by atoms with van der Waals surface area (Å²) in [5, 5.41) is 11.8. The summed E-state index contributed by atoms with van der Waals surface area (Å²) in [4.78, 5) is 42.1. The van der Waals surface area contributed by atoms with Crippen LogP contribution in [0.3, 0.4) is 0 Å². The normalized spacial score (nSPS) is 20.3. The largest absolute Gasteiger partial charge is 0.481 e. The minimum absolute atomic E-state index is 0.0171. The Hall–Kier alpha value is -0.310. The zero-order valence-corrected chi connectivity index (χ0v) is 15.6. The maximum Gasteiger partial charge on any atom is 0.326 e.